The van der Waals surface area contributed by atoms with Crippen molar-refractivity contribution in [2.75, 3.05) is 13.2 Å². The summed E-state index contributed by atoms with van der Waals surface area (Å²) in [5, 5.41) is 14.0. The van der Waals surface area contributed by atoms with Crippen LogP contribution in [0.1, 0.15) is 12.8 Å². The van der Waals surface area contributed by atoms with Gasteiger partial charge in [0.2, 0.25) is 0 Å². The molecule has 1 atom stereocenters. The Morgan fingerprint density at radius 1 is 1.59 bits per heavy atom. The second-order valence-corrected chi connectivity index (χ2v) is 4.38. The number of nitrogens with zero attached hydrogens (tertiary/aromatic N) is 1. The summed E-state index contributed by atoms with van der Waals surface area (Å²) in [5.74, 6) is 0.564. The minimum atomic E-state index is -0.509. The fourth-order valence-electron chi connectivity index (χ4n) is 1.82. The van der Waals surface area contributed by atoms with Gasteiger partial charge in [-0.05, 0) is 25.5 Å². The van der Waals surface area contributed by atoms with Crippen molar-refractivity contribution < 1.29 is 9.66 Å². The van der Waals surface area contributed by atoms with Gasteiger partial charge in [0.1, 0.15) is 17.4 Å². The van der Waals surface area contributed by atoms with E-state index in [1.165, 1.54) is 12.1 Å². The van der Waals surface area contributed by atoms with Gasteiger partial charge in [-0.1, -0.05) is 11.6 Å². The van der Waals surface area contributed by atoms with E-state index < -0.39 is 4.92 Å². The van der Waals surface area contributed by atoms with Crippen LogP contribution in [0.25, 0.3) is 0 Å². The molecule has 0 aromatic heterocycles. The lowest BCUT2D eigenvalue weighted by atomic mass is 10.2. The van der Waals surface area contributed by atoms with Gasteiger partial charge in [-0.2, -0.15) is 0 Å². The Balaban J connectivity index is 1.97. The van der Waals surface area contributed by atoms with Crippen molar-refractivity contribution in [3.8, 4) is 5.75 Å². The van der Waals surface area contributed by atoms with Crippen LogP contribution >= 0.6 is 11.6 Å². The average molecular weight is 257 g/mol. The molecule has 0 unspecified atom stereocenters. The lowest BCUT2D eigenvalue weighted by molar-refractivity contribution is -0.384. The molecule has 6 heteroatoms. The summed E-state index contributed by atoms with van der Waals surface area (Å²) in [6, 6.07) is 4.77. The lowest BCUT2D eigenvalue weighted by Gasteiger charge is -2.12. The van der Waals surface area contributed by atoms with Crippen LogP contribution in [0.3, 0.4) is 0 Å². The van der Waals surface area contributed by atoms with E-state index in [9.17, 15) is 10.1 Å². The van der Waals surface area contributed by atoms with Gasteiger partial charge in [0.25, 0.3) is 5.69 Å². The van der Waals surface area contributed by atoms with Gasteiger partial charge in [0, 0.05) is 18.2 Å². The third-order valence-electron chi connectivity index (χ3n) is 2.73. The molecule has 0 saturated carbocycles. The van der Waals surface area contributed by atoms with Crippen molar-refractivity contribution in [2.24, 2.45) is 0 Å². The van der Waals surface area contributed by atoms with Gasteiger partial charge < -0.3 is 10.1 Å². The molecule has 1 aromatic rings. The highest BCUT2D eigenvalue weighted by molar-refractivity contribution is 6.32. The molecule has 0 amide bonds. The first-order valence-electron chi connectivity index (χ1n) is 5.47. The Morgan fingerprint density at radius 2 is 2.41 bits per heavy atom. The molecule has 17 heavy (non-hydrogen) atoms. The fraction of sp³-hybridized carbons (Fsp3) is 0.455. The van der Waals surface area contributed by atoms with Crippen molar-refractivity contribution >= 4 is 17.3 Å². The summed E-state index contributed by atoms with van der Waals surface area (Å²) >= 11 is 5.78. The minimum Gasteiger partial charge on any atom is -0.492 e. The van der Waals surface area contributed by atoms with Crippen LogP contribution in [0.4, 0.5) is 5.69 Å². The molecular formula is C11H13ClN2O3. The van der Waals surface area contributed by atoms with Crippen molar-refractivity contribution in [1.82, 2.24) is 5.32 Å². The summed E-state index contributed by atoms with van der Waals surface area (Å²) in [6.07, 6.45) is 2.26. The number of halogens is 1. The molecule has 92 valence electrons. The Kier molecular flexibility index (Phi) is 3.81. The highest BCUT2D eigenvalue weighted by Gasteiger charge is 2.16. The molecule has 1 aromatic carbocycles. The number of nitrogens with one attached hydrogen (secondary N) is 1. The Hall–Kier alpha value is -1.33. The quantitative estimate of drug-likeness (QED) is 0.664. The van der Waals surface area contributed by atoms with Gasteiger partial charge in [-0.15, -0.1) is 0 Å². The zero-order valence-corrected chi connectivity index (χ0v) is 9.94. The molecule has 1 N–H and O–H groups in total. The third-order valence-corrected chi connectivity index (χ3v) is 3.03. The van der Waals surface area contributed by atoms with Gasteiger partial charge in [-0.3, -0.25) is 10.1 Å². The van der Waals surface area contributed by atoms with Crippen LogP contribution in [0.2, 0.25) is 5.02 Å². The largest absolute Gasteiger partial charge is 0.492 e. The number of rotatable bonds is 4. The van der Waals surface area contributed by atoms with Crippen molar-refractivity contribution in [1.29, 1.82) is 0 Å². The van der Waals surface area contributed by atoms with E-state index in [-0.39, 0.29) is 10.7 Å². The molecule has 2 rings (SSSR count). The Labute approximate surface area is 104 Å². The molecule has 0 aliphatic carbocycles. The van der Waals surface area contributed by atoms with E-state index >= 15 is 0 Å². The molecule has 1 aliphatic rings. The van der Waals surface area contributed by atoms with Crippen LogP contribution in [0.5, 0.6) is 5.75 Å². The molecule has 0 spiro atoms. The topological polar surface area (TPSA) is 64.4 Å². The number of hydrogen-bond acceptors (Lipinski definition) is 4. The summed E-state index contributed by atoms with van der Waals surface area (Å²) in [7, 11) is 0. The third kappa shape index (κ3) is 3.08. The maximum atomic E-state index is 10.6. The van der Waals surface area contributed by atoms with E-state index in [0.717, 1.165) is 19.4 Å². The standard InChI is InChI=1S/C11H13ClN2O3/c12-10-6-9(3-4-11(10)14(15)16)17-7-8-2-1-5-13-8/h3-4,6,8,13H,1-2,5,7H2/t8-/m0/s1. The fourth-order valence-corrected chi connectivity index (χ4v) is 2.06. The summed E-state index contributed by atoms with van der Waals surface area (Å²) in [4.78, 5) is 10.1. The van der Waals surface area contributed by atoms with Crippen molar-refractivity contribution in [3.05, 3.63) is 33.3 Å². The molecule has 1 aliphatic heterocycles. The number of hydrogen-bond donors (Lipinski definition) is 1. The predicted octanol–water partition coefficient (Wildman–Crippen LogP) is 2.38. The zero-order chi connectivity index (χ0) is 12.3. The Bertz CT molecular complexity index is 419. The van der Waals surface area contributed by atoms with E-state index in [1.807, 2.05) is 0 Å². The molecular weight excluding hydrogens is 244 g/mol. The summed E-state index contributed by atoms with van der Waals surface area (Å²) in [6.45, 7) is 1.59. The number of nitro groups is 1. The van der Waals surface area contributed by atoms with E-state index in [0.29, 0.717) is 18.4 Å². The lowest BCUT2D eigenvalue weighted by Crippen LogP contribution is -2.28. The van der Waals surface area contributed by atoms with Crippen LogP contribution in [0.15, 0.2) is 18.2 Å². The first-order chi connectivity index (χ1) is 8.16. The van der Waals surface area contributed by atoms with Gasteiger partial charge in [0.05, 0.1) is 4.92 Å². The van der Waals surface area contributed by atoms with Gasteiger partial charge in [0.15, 0.2) is 0 Å². The molecule has 0 bridgehead atoms. The molecule has 1 fully saturated rings. The van der Waals surface area contributed by atoms with Crippen LogP contribution in [-0.2, 0) is 0 Å². The number of ether oxygens (including phenoxy) is 1. The highest BCUT2D eigenvalue weighted by Crippen LogP contribution is 2.28. The average Bonchev–Trinajstić information content (AvgIpc) is 2.78. The van der Waals surface area contributed by atoms with E-state index in [2.05, 4.69) is 5.32 Å². The normalized spacial score (nSPS) is 19.2. The zero-order valence-electron chi connectivity index (χ0n) is 9.19. The SMILES string of the molecule is O=[N+]([O-])c1ccc(OC[C@@H]2CCCN2)cc1Cl. The molecule has 0 radical (unpaired) electrons. The number of nitro benzene ring substituents is 1. The summed E-state index contributed by atoms with van der Waals surface area (Å²) in [5.41, 5.74) is -0.0991. The summed E-state index contributed by atoms with van der Waals surface area (Å²) < 4.78 is 5.54. The predicted molar refractivity (Wildman–Crippen MR) is 64.6 cm³/mol. The molecule has 5 nitrogen and oxygen atoms in total. The first kappa shape index (κ1) is 12.1. The molecule has 1 heterocycles. The molecule has 1 saturated heterocycles. The smallest absolute Gasteiger partial charge is 0.288 e. The minimum absolute atomic E-state index is 0.0991. The van der Waals surface area contributed by atoms with Gasteiger partial charge >= 0.3 is 0 Å². The second kappa shape index (κ2) is 5.33. The Morgan fingerprint density at radius 3 is 3.00 bits per heavy atom. The maximum Gasteiger partial charge on any atom is 0.288 e. The van der Waals surface area contributed by atoms with E-state index in [1.54, 1.807) is 6.07 Å². The monoisotopic (exact) mass is 256 g/mol. The van der Waals surface area contributed by atoms with Gasteiger partial charge in [-0.25, -0.2) is 0 Å². The maximum absolute atomic E-state index is 10.6. The van der Waals surface area contributed by atoms with Crippen LogP contribution < -0.4 is 10.1 Å². The second-order valence-electron chi connectivity index (χ2n) is 3.97. The number of benzene rings is 1. The highest BCUT2D eigenvalue weighted by atomic mass is 35.5. The van der Waals surface area contributed by atoms with Crippen LogP contribution in [0, 0.1) is 10.1 Å². The van der Waals surface area contributed by atoms with Crippen molar-refractivity contribution in [3.63, 3.8) is 0 Å². The van der Waals surface area contributed by atoms with E-state index in [4.69, 9.17) is 16.3 Å². The van der Waals surface area contributed by atoms with Crippen LogP contribution in [-0.4, -0.2) is 24.1 Å². The van der Waals surface area contributed by atoms with Crippen molar-refractivity contribution in [2.45, 2.75) is 18.9 Å². The first-order valence-corrected chi connectivity index (χ1v) is 5.85.